The van der Waals surface area contributed by atoms with Gasteiger partial charge in [-0.15, -0.1) is 0 Å². The summed E-state index contributed by atoms with van der Waals surface area (Å²) in [5.41, 5.74) is 4.38. The van der Waals surface area contributed by atoms with Gasteiger partial charge >= 0.3 is 6.18 Å². The van der Waals surface area contributed by atoms with Gasteiger partial charge in [0, 0.05) is 6.20 Å². The number of hydrogen-bond acceptors (Lipinski definition) is 2. The fourth-order valence-electron chi connectivity index (χ4n) is 1.36. The van der Waals surface area contributed by atoms with Crippen LogP contribution in [0.5, 0.6) is 0 Å². The van der Waals surface area contributed by atoms with Crippen LogP contribution in [0.1, 0.15) is 16.2 Å². The average molecular weight is 229 g/mol. The number of imidazole rings is 1. The lowest BCUT2D eigenvalue weighted by atomic mass is 10.2. The molecule has 2 heterocycles. The molecular formula is C9H6F3N3O. The van der Waals surface area contributed by atoms with Gasteiger partial charge in [0.2, 0.25) is 5.82 Å². The van der Waals surface area contributed by atoms with E-state index in [4.69, 9.17) is 5.73 Å². The van der Waals surface area contributed by atoms with E-state index < -0.39 is 17.6 Å². The van der Waals surface area contributed by atoms with Gasteiger partial charge in [-0.25, -0.2) is 4.98 Å². The third-order valence-corrected chi connectivity index (χ3v) is 2.08. The van der Waals surface area contributed by atoms with Crippen molar-refractivity contribution in [3.8, 4) is 0 Å². The minimum absolute atomic E-state index is 0.0938. The first-order chi connectivity index (χ1) is 7.39. The summed E-state index contributed by atoms with van der Waals surface area (Å²) in [5.74, 6) is -0.886. The fourth-order valence-corrected chi connectivity index (χ4v) is 1.36. The molecule has 0 fully saturated rings. The number of rotatable bonds is 1. The SMILES string of the molecule is NC(=O)c1ncc2cc(C(F)(F)F)ccn12. The Labute approximate surface area is 87.5 Å². The molecule has 0 aliphatic carbocycles. The molecule has 2 rings (SSSR count). The minimum Gasteiger partial charge on any atom is -0.363 e. The van der Waals surface area contributed by atoms with Crippen LogP contribution < -0.4 is 5.73 Å². The number of fused-ring (bicyclic) bond motifs is 1. The summed E-state index contributed by atoms with van der Waals surface area (Å²) in [4.78, 5) is 14.5. The second kappa shape index (κ2) is 3.22. The number of carbonyl (C=O) groups is 1. The van der Waals surface area contributed by atoms with Crippen LogP contribution in [0.4, 0.5) is 13.2 Å². The highest BCUT2D eigenvalue weighted by Crippen LogP contribution is 2.29. The molecule has 0 aliphatic heterocycles. The number of alkyl halides is 3. The molecule has 0 unspecified atom stereocenters. The summed E-state index contributed by atoms with van der Waals surface area (Å²) in [6.45, 7) is 0. The molecule has 0 spiro atoms. The van der Waals surface area contributed by atoms with Gasteiger partial charge in [0.05, 0.1) is 17.3 Å². The Morgan fingerprint density at radius 3 is 2.69 bits per heavy atom. The van der Waals surface area contributed by atoms with Crippen molar-refractivity contribution >= 4 is 11.4 Å². The highest BCUT2D eigenvalue weighted by atomic mass is 19.4. The molecule has 2 aromatic rings. The molecule has 0 aromatic carbocycles. The number of aromatic nitrogens is 2. The first-order valence-corrected chi connectivity index (χ1v) is 4.23. The zero-order valence-corrected chi connectivity index (χ0v) is 7.82. The predicted molar refractivity (Wildman–Crippen MR) is 48.7 cm³/mol. The highest BCUT2D eigenvalue weighted by Gasteiger charge is 2.30. The van der Waals surface area contributed by atoms with Gasteiger partial charge in [-0.2, -0.15) is 13.2 Å². The number of pyridine rings is 1. The van der Waals surface area contributed by atoms with Gasteiger partial charge in [-0.1, -0.05) is 0 Å². The lowest BCUT2D eigenvalue weighted by Gasteiger charge is -2.06. The van der Waals surface area contributed by atoms with E-state index in [1.807, 2.05) is 0 Å². The predicted octanol–water partition coefficient (Wildman–Crippen LogP) is 1.45. The number of primary amides is 1. The van der Waals surface area contributed by atoms with E-state index in [-0.39, 0.29) is 11.3 Å². The first-order valence-electron chi connectivity index (χ1n) is 4.23. The molecule has 0 saturated heterocycles. The quantitative estimate of drug-likeness (QED) is 0.804. The Balaban J connectivity index is 2.62. The van der Waals surface area contributed by atoms with Gasteiger partial charge in [0.15, 0.2) is 0 Å². The molecule has 7 heteroatoms. The van der Waals surface area contributed by atoms with Crippen molar-refractivity contribution in [1.82, 2.24) is 9.38 Å². The molecule has 0 atom stereocenters. The summed E-state index contributed by atoms with van der Waals surface area (Å²) in [5, 5.41) is 0. The minimum atomic E-state index is -4.42. The van der Waals surface area contributed by atoms with Crippen LogP contribution in [0.3, 0.4) is 0 Å². The molecule has 1 amide bonds. The van der Waals surface area contributed by atoms with Crippen LogP contribution in [-0.4, -0.2) is 15.3 Å². The van der Waals surface area contributed by atoms with Crippen molar-refractivity contribution in [3.63, 3.8) is 0 Å². The van der Waals surface area contributed by atoms with E-state index in [1.54, 1.807) is 0 Å². The summed E-state index contributed by atoms with van der Waals surface area (Å²) in [7, 11) is 0. The van der Waals surface area contributed by atoms with Gasteiger partial charge < -0.3 is 5.73 Å². The topological polar surface area (TPSA) is 60.4 Å². The maximum atomic E-state index is 12.4. The zero-order valence-electron chi connectivity index (χ0n) is 7.82. The van der Waals surface area contributed by atoms with Gasteiger partial charge in [-0.3, -0.25) is 9.20 Å². The Hall–Kier alpha value is -2.05. The fraction of sp³-hybridized carbons (Fsp3) is 0.111. The van der Waals surface area contributed by atoms with Crippen molar-refractivity contribution in [1.29, 1.82) is 0 Å². The number of hydrogen-bond donors (Lipinski definition) is 1. The van der Waals surface area contributed by atoms with Crippen LogP contribution in [-0.2, 0) is 6.18 Å². The Morgan fingerprint density at radius 1 is 1.44 bits per heavy atom. The van der Waals surface area contributed by atoms with E-state index in [0.717, 1.165) is 24.5 Å². The molecule has 4 nitrogen and oxygen atoms in total. The average Bonchev–Trinajstić information content (AvgIpc) is 2.58. The highest BCUT2D eigenvalue weighted by molar-refractivity contribution is 5.90. The molecule has 2 aromatic heterocycles. The number of carbonyl (C=O) groups excluding carboxylic acids is 1. The van der Waals surface area contributed by atoms with E-state index >= 15 is 0 Å². The summed E-state index contributed by atoms with van der Waals surface area (Å²) >= 11 is 0. The second-order valence-electron chi connectivity index (χ2n) is 3.15. The van der Waals surface area contributed by atoms with Crippen molar-refractivity contribution < 1.29 is 18.0 Å². The van der Waals surface area contributed by atoms with E-state index in [1.165, 1.54) is 4.40 Å². The number of nitrogens with zero attached hydrogens (tertiary/aromatic N) is 2. The van der Waals surface area contributed by atoms with Crippen LogP contribution in [0, 0.1) is 0 Å². The van der Waals surface area contributed by atoms with Crippen LogP contribution >= 0.6 is 0 Å². The summed E-state index contributed by atoms with van der Waals surface area (Å²) < 4.78 is 38.3. The lowest BCUT2D eigenvalue weighted by Crippen LogP contribution is -2.15. The molecule has 84 valence electrons. The molecule has 0 bridgehead atoms. The lowest BCUT2D eigenvalue weighted by molar-refractivity contribution is -0.137. The Bertz CT molecular complexity index is 559. The largest absolute Gasteiger partial charge is 0.416 e. The third-order valence-electron chi connectivity index (χ3n) is 2.08. The van der Waals surface area contributed by atoms with Crippen LogP contribution in [0.2, 0.25) is 0 Å². The normalized spacial score (nSPS) is 11.9. The van der Waals surface area contributed by atoms with E-state index in [2.05, 4.69) is 4.98 Å². The van der Waals surface area contributed by atoms with Gasteiger partial charge in [0.1, 0.15) is 0 Å². The van der Waals surface area contributed by atoms with Crippen LogP contribution in [0.15, 0.2) is 24.5 Å². The number of nitrogens with two attached hydrogens (primary N) is 1. The second-order valence-corrected chi connectivity index (χ2v) is 3.15. The zero-order chi connectivity index (χ0) is 11.9. The first kappa shape index (κ1) is 10.5. The standard InChI is InChI=1S/C9H6F3N3O/c10-9(11,12)5-1-2-15-6(3-5)4-14-8(15)7(13)16/h1-4H,(H2,13,16). The van der Waals surface area contributed by atoms with Crippen molar-refractivity contribution in [3.05, 3.63) is 35.9 Å². The van der Waals surface area contributed by atoms with Gasteiger partial charge in [-0.05, 0) is 12.1 Å². The molecule has 0 aliphatic rings. The molecule has 16 heavy (non-hydrogen) atoms. The van der Waals surface area contributed by atoms with Gasteiger partial charge in [0.25, 0.3) is 5.91 Å². The Kier molecular flexibility index (Phi) is 2.11. The van der Waals surface area contributed by atoms with Crippen molar-refractivity contribution in [2.45, 2.75) is 6.18 Å². The molecule has 0 saturated carbocycles. The molecule has 0 radical (unpaired) electrons. The van der Waals surface area contributed by atoms with E-state index in [0.29, 0.717) is 0 Å². The molecular weight excluding hydrogens is 223 g/mol. The maximum absolute atomic E-state index is 12.4. The van der Waals surface area contributed by atoms with E-state index in [9.17, 15) is 18.0 Å². The monoisotopic (exact) mass is 229 g/mol. The van der Waals surface area contributed by atoms with Crippen molar-refractivity contribution in [2.24, 2.45) is 5.73 Å². The third kappa shape index (κ3) is 1.60. The smallest absolute Gasteiger partial charge is 0.363 e. The van der Waals surface area contributed by atoms with Crippen LogP contribution in [0.25, 0.3) is 5.52 Å². The maximum Gasteiger partial charge on any atom is 0.416 e. The number of halogens is 3. The van der Waals surface area contributed by atoms with Crippen molar-refractivity contribution in [2.75, 3.05) is 0 Å². The molecule has 2 N–H and O–H groups in total. The Morgan fingerprint density at radius 2 is 2.12 bits per heavy atom. The summed E-state index contributed by atoms with van der Waals surface area (Å²) in [6, 6.07) is 1.76. The summed E-state index contributed by atoms with van der Waals surface area (Å²) in [6.07, 6.45) is -2.14. The number of amides is 1.